The van der Waals surface area contributed by atoms with Crippen LogP contribution in [0, 0.1) is 0 Å². The molecule has 11 rings (SSSR count). The monoisotopic (exact) mass is 728 g/mol. The lowest BCUT2D eigenvalue weighted by molar-refractivity contribution is 0.669. The molecule has 0 saturated carbocycles. The number of anilines is 3. The average Bonchev–Trinajstić information content (AvgIpc) is 3.83. The molecule has 3 heteroatoms. The van der Waals surface area contributed by atoms with Crippen LogP contribution in [0.4, 0.5) is 17.1 Å². The number of furan rings is 1. The number of para-hydroxylation sites is 3. The van der Waals surface area contributed by atoms with Crippen molar-refractivity contribution < 1.29 is 4.42 Å². The van der Waals surface area contributed by atoms with Crippen molar-refractivity contribution in [1.29, 1.82) is 0 Å². The van der Waals surface area contributed by atoms with Gasteiger partial charge in [-0.3, -0.25) is 0 Å². The Labute approximate surface area is 330 Å². The molecule has 0 saturated heterocycles. The van der Waals surface area contributed by atoms with Crippen LogP contribution in [-0.2, 0) is 0 Å². The number of hydrogen-bond acceptors (Lipinski definition) is 2. The first-order chi connectivity index (χ1) is 28.3. The summed E-state index contributed by atoms with van der Waals surface area (Å²) in [5, 5.41) is 4.66. The van der Waals surface area contributed by atoms with Crippen molar-refractivity contribution in [3.8, 4) is 39.1 Å². The Morgan fingerprint density at radius 3 is 1.63 bits per heavy atom. The first-order valence-corrected chi connectivity index (χ1v) is 19.4. The van der Waals surface area contributed by atoms with E-state index in [1.54, 1.807) is 0 Å². The fourth-order valence-corrected chi connectivity index (χ4v) is 8.69. The van der Waals surface area contributed by atoms with Crippen LogP contribution in [0.15, 0.2) is 223 Å². The Morgan fingerprint density at radius 2 is 0.895 bits per heavy atom. The SMILES string of the molecule is c1ccc(-c2ccccc2-c2c(-c3ccccc3)cccc2N(c2cccc(-n3c4ccccc4c4ccccc43)c2)c2ccc3oc4ccccc4c3c2)cc1. The topological polar surface area (TPSA) is 21.3 Å². The molecule has 0 aliphatic heterocycles. The summed E-state index contributed by atoms with van der Waals surface area (Å²) in [5.74, 6) is 0. The average molecular weight is 729 g/mol. The predicted molar refractivity (Wildman–Crippen MR) is 239 cm³/mol. The highest BCUT2D eigenvalue weighted by atomic mass is 16.3. The zero-order chi connectivity index (χ0) is 37.7. The molecule has 0 aliphatic rings. The van der Waals surface area contributed by atoms with Gasteiger partial charge in [-0.25, -0.2) is 0 Å². The second-order valence-electron chi connectivity index (χ2n) is 14.5. The molecule has 0 spiro atoms. The number of nitrogens with zero attached hydrogens (tertiary/aromatic N) is 2. The van der Waals surface area contributed by atoms with Crippen molar-refractivity contribution in [3.63, 3.8) is 0 Å². The molecule has 57 heavy (non-hydrogen) atoms. The van der Waals surface area contributed by atoms with Crippen molar-refractivity contribution in [2.75, 3.05) is 4.90 Å². The van der Waals surface area contributed by atoms with Crippen molar-refractivity contribution in [2.24, 2.45) is 0 Å². The van der Waals surface area contributed by atoms with Crippen LogP contribution in [0.25, 0.3) is 82.8 Å². The zero-order valence-electron chi connectivity index (χ0n) is 31.1. The Kier molecular flexibility index (Phi) is 7.82. The highest BCUT2D eigenvalue weighted by Gasteiger charge is 2.24. The summed E-state index contributed by atoms with van der Waals surface area (Å²) in [6.07, 6.45) is 0. The maximum atomic E-state index is 6.36. The minimum absolute atomic E-state index is 0.867. The molecule has 11 aromatic rings. The summed E-state index contributed by atoms with van der Waals surface area (Å²) in [7, 11) is 0. The second kappa shape index (κ2) is 13.6. The van der Waals surface area contributed by atoms with E-state index in [-0.39, 0.29) is 0 Å². The lowest BCUT2D eigenvalue weighted by atomic mass is 9.87. The maximum absolute atomic E-state index is 6.36. The van der Waals surface area contributed by atoms with Crippen molar-refractivity contribution in [3.05, 3.63) is 218 Å². The highest BCUT2D eigenvalue weighted by molar-refractivity contribution is 6.10. The van der Waals surface area contributed by atoms with Crippen LogP contribution in [0.5, 0.6) is 0 Å². The van der Waals surface area contributed by atoms with Crippen LogP contribution in [-0.4, -0.2) is 4.57 Å². The Bertz CT molecular complexity index is 3190. The minimum Gasteiger partial charge on any atom is -0.456 e. The van der Waals surface area contributed by atoms with Gasteiger partial charge < -0.3 is 13.9 Å². The molecule has 2 heterocycles. The predicted octanol–water partition coefficient (Wildman–Crippen LogP) is 15.2. The van der Waals surface area contributed by atoms with Gasteiger partial charge in [0.2, 0.25) is 0 Å². The summed E-state index contributed by atoms with van der Waals surface area (Å²) >= 11 is 0. The third kappa shape index (κ3) is 5.51. The van der Waals surface area contributed by atoms with E-state index >= 15 is 0 Å². The normalized spacial score (nSPS) is 11.5. The molecule has 9 aromatic carbocycles. The van der Waals surface area contributed by atoms with Gasteiger partial charge in [0.1, 0.15) is 11.2 Å². The fraction of sp³-hybridized carbons (Fsp3) is 0. The van der Waals surface area contributed by atoms with E-state index < -0.39 is 0 Å². The first kappa shape index (κ1) is 32.8. The molecular weight excluding hydrogens is 693 g/mol. The molecular formula is C54H36N2O. The van der Waals surface area contributed by atoms with E-state index in [0.717, 1.165) is 66.9 Å². The molecule has 0 radical (unpaired) electrons. The molecule has 268 valence electrons. The number of fused-ring (bicyclic) bond motifs is 6. The second-order valence-corrected chi connectivity index (χ2v) is 14.5. The Balaban J connectivity index is 1.22. The van der Waals surface area contributed by atoms with Crippen LogP contribution >= 0.6 is 0 Å². The van der Waals surface area contributed by atoms with Crippen LogP contribution in [0.2, 0.25) is 0 Å². The fourth-order valence-electron chi connectivity index (χ4n) is 8.69. The quantitative estimate of drug-likeness (QED) is 0.163. The third-order valence-corrected chi connectivity index (χ3v) is 11.2. The molecule has 0 aliphatic carbocycles. The molecule has 3 nitrogen and oxygen atoms in total. The van der Waals surface area contributed by atoms with Gasteiger partial charge in [0.05, 0.1) is 16.7 Å². The van der Waals surface area contributed by atoms with Crippen molar-refractivity contribution in [1.82, 2.24) is 4.57 Å². The summed E-state index contributed by atoms with van der Waals surface area (Å²) < 4.78 is 8.76. The van der Waals surface area contributed by atoms with E-state index in [9.17, 15) is 0 Å². The molecule has 0 fully saturated rings. The van der Waals surface area contributed by atoms with Gasteiger partial charge in [-0.2, -0.15) is 0 Å². The van der Waals surface area contributed by atoms with E-state index in [4.69, 9.17) is 4.42 Å². The van der Waals surface area contributed by atoms with E-state index in [1.807, 2.05) is 12.1 Å². The van der Waals surface area contributed by atoms with Gasteiger partial charge in [0.15, 0.2) is 0 Å². The lowest BCUT2D eigenvalue weighted by Gasteiger charge is -2.30. The summed E-state index contributed by atoms with van der Waals surface area (Å²) in [6, 6.07) is 78.3. The molecule has 0 N–H and O–H groups in total. The van der Waals surface area contributed by atoms with Crippen LogP contribution < -0.4 is 4.90 Å². The summed E-state index contributed by atoms with van der Waals surface area (Å²) in [4.78, 5) is 2.43. The van der Waals surface area contributed by atoms with Crippen molar-refractivity contribution >= 4 is 60.8 Å². The van der Waals surface area contributed by atoms with Gasteiger partial charge in [-0.15, -0.1) is 0 Å². The molecule has 0 unspecified atom stereocenters. The molecule has 0 amide bonds. The van der Waals surface area contributed by atoms with Crippen molar-refractivity contribution in [2.45, 2.75) is 0 Å². The minimum atomic E-state index is 0.867. The maximum Gasteiger partial charge on any atom is 0.135 e. The lowest BCUT2D eigenvalue weighted by Crippen LogP contribution is -2.12. The summed E-state index contributed by atoms with van der Waals surface area (Å²) in [5.41, 5.74) is 15.4. The van der Waals surface area contributed by atoms with Crippen LogP contribution in [0.3, 0.4) is 0 Å². The molecule has 0 bridgehead atoms. The molecule has 2 aromatic heterocycles. The first-order valence-electron chi connectivity index (χ1n) is 19.4. The molecule has 0 atom stereocenters. The number of rotatable bonds is 7. The van der Waals surface area contributed by atoms with Crippen LogP contribution in [0.1, 0.15) is 0 Å². The standard InChI is InChI=1S/C54H36N2O/c1-3-17-37(18-4-1)42-23-7-8-27-47(42)54-43(38-19-5-2-6-20-38)28-16-31-51(54)55(41-33-34-53-48(36-41)46-26-11-14-32-52(46)57-53)39-21-15-22-40(35-39)56-49-29-12-9-24-44(49)45-25-10-13-30-50(45)56/h1-36H. The van der Waals surface area contributed by atoms with Gasteiger partial charge in [0, 0.05) is 44.2 Å². The number of hydrogen-bond donors (Lipinski definition) is 0. The van der Waals surface area contributed by atoms with Gasteiger partial charge in [0.25, 0.3) is 0 Å². The number of benzene rings is 9. The summed E-state index contributed by atoms with van der Waals surface area (Å²) in [6.45, 7) is 0. The van der Waals surface area contributed by atoms with E-state index in [0.29, 0.717) is 0 Å². The zero-order valence-corrected chi connectivity index (χ0v) is 31.1. The van der Waals surface area contributed by atoms with E-state index in [2.05, 4.69) is 216 Å². The highest BCUT2D eigenvalue weighted by Crippen LogP contribution is 2.49. The Hall–Kier alpha value is -7.62. The largest absolute Gasteiger partial charge is 0.456 e. The van der Waals surface area contributed by atoms with E-state index in [1.165, 1.54) is 32.9 Å². The third-order valence-electron chi connectivity index (χ3n) is 11.2. The smallest absolute Gasteiger partial charge is 0.135 e. The Morgan fingerprint density at radius 1 is 0.351 bits per heavy atom. The van der Waals surface area contributed by atoms with Gasteiger partial charge in [-0.1, -0.05) is 158 Å². The van der Waals surface area contributed by atoms with Gasteiger partial charge in [-0.05, 0) is 88.5 Å². The number of aromatic nitrogens is 1. The van der Waals surface area contributed by atoms with Gasteiger partial charge >= 0.3 is 0 Å².